The molecule has 6 heteroatoms. The summed E-state index contributed by atoms with van der Waals surface area (Å²) in [5.41, 5.74) is 8.66. The summed E-state index contributed by atoms with van der Waals surface area (Å²) in [6.45, 7) is 13.1. The van der Waals surface area contributed by atoms with Crippen LogP contribution in [-0.2, 0) is 0 Å². The van der Waals surface area contributed by atoms with Crippen molar-refractivity contribution in [3.63, 3.8) is 0 Å². The van der Waals surface area contributed by atoms with E-state index in [1.54, 1.807) is 11.8 Å². The van der Waals surface area contributed by atoms with Crippen LogP contribution < -0.4 is 10.5 Å². The summed E-state index contributed by atoms with van der Waals surface area (Å²) in [5.74, 6) is 1.23. The van der Waals surface area contributed by atoms with Crippen LogP contribution in [-0.4, -0.2) is 33.9 Å². The van der Waals surface area contributed by atoms with Crippen LogP contribution in [0.5, 0.6) is 5.75 Å². The average Bonchev–Trinajstić information content (AvgIpc) is 2.62. The van der Waals surface area contributed by atoms with Gasteiger partial charge in [0, 0.05) is 13.1 Å². The zero-order valence-electron chi connectivity index (χ0n) is 17.1. The first kappa shape index (κ1) is 20.7. The molecule has 146 valence electrons. The predicted molar refractivity (Wildman–Crippen MR) is 108 cm³/mol. The lowest BCUT2D eigenvalue weighted by Crippen LogP contribution is -2.33. The minimum Gasteiger partial charge on any atom is -0.484 e. The van der Waals surface area contributed by atoms with E-state index in [1.807, 2.05) is 45.0 Å². The Morgan fingerprint density at radius 3 is 2.22 bits per heavy atom. The van der Waals surface area contributed by atoms with Crippen LogP contribution in [0.2, 0.25) is 0 Å². The number of carbonyl (C=O) groups excluding carboxylic acids is 1. The average molecular weight is 370 g/mol. The maximum Gasteiger partial charge on any atom is 0.257 e. The zero-order valence-corrected chi connectivity index (χ0v) is 17.1. The van der Waals surface area contributed by atoms with E-state index in [2.05, 4.69) is 23.8 Å². The lowest BCUT2D eigenvalue weighted by Gasteiger charge is -2.23. The summed E-state index contributed by atoms with van der Waals surface area (Å²) in [7, 11) is 0. The third-order valence-electron chi connectivity index (χ3n) is 4.64. The first-order valence-corrected chi connectivity index (χ1v) is 9.48. The monoisotopic (exact) mass is 370 g/mol. The van der Waals surface area contributed by atoms with Gasteiger partial charge in [0.15, 0.2) is 0 Å². The predicted octanol–water partition coefficient (Wildman–Crippen LogP) is 4.11. The topological polar surface area (TPSA) is 81.3 Å². The lowest BCUT2D eigenvalue weighted by molar-refractivity contribution is 0.0765. The molecule has 0 aliphatic rings. The highest BCUT2D eigenvalue weighted by Crippen LogP contribution is 2.27. The van der Waals surface area contributed by atoms with Gasteiger partial charge >= 0.3 is 0 Å². The van der Waals surface area contributed by atoms with E-state index >= 15 is 0 Å². The van der Waals surface area contributed by atoms with Crippen molar-refractivity contribution in [2.75, 3.05) is 18.8 Å². The molecule has 0 aliphatic carbocycles. The third-order valence-corrected chi connectivity index (χ3v) is 4.64. The summed E-state index contributed by atoms with van der Waals surface area (Å²) in [5, 5.41) is 0. The molecule has 1 atom stereocenters. The molecule has 0 radical (unpaired) electrons. The fraction of sp³-hybridized carbons (Fsp3) is 0.476. The summed E-state index contributed by atoms with van der Waals surface area (Å²) in [6.07, 6.45) is -0.437. The van der Waals surface area contributed by atoms with Gasteiger partial charge in [-0.1, -0.05) is 26.0 Å². The number of amides is 1. The van der Waals surface area contributed by atoms with Crippen LogP contribution in [0.3, 0.4) is 0 Å². The van der Waals surface area contributed by atoms with Crippen molar-refractivity contribution in [1.29, 1.82) is 0 Å². The number of rotatable bonds is 7. The van der Waals surface area contributed by atoms with Gasteiger partial charge in [0.25, 0.3) is 5.91 Å². The van der Waals surface area contributed by atoms with Crippen LogP contribution in [0.15, 0.2) is 24.3 Å². The van der Waals surface area contributed by atoms with E-state index in [1.165, 1.54) is 5.56 Å². The van der Waals surface area contributed by atoms with Gasteiger partial charge in [0.05, 0.1) is 17.0 Å². The quantitative estimate of drug-likeness (QED) is 0.793. The third kappa shape index (κ3) is 4.76. The summed E-state index contributed by atoms with van der Waals surface area (Å²) in [4.78, 5) is 23.3. The molecule has 0 saturated heterocycles. The maximum absolute atomic E-state index is 13.0. The smallest absolute Gasteiger partial charge is 0.257 e. The Morgan fingerprint density at radius 2 is 1.70 bits per heavy atom. The molecule has 0 saturated carbocycles. The van der Waals surface area contributed by atoms with Gasteiger partial charge in [-0.3, -0.25) is 4.79 Å². The number of anilines is 1. The molecule has 0 bridgehead atoms. The zero-order chi connectivity index (χ0) is 20.1. The first-order chi connectivity index (χ1) is 12.8. The van der Waals surface area contributed by atoms with Gasteiger partial charge in [-0.25, -0.2) is 9.97 Å². The number of aryl methyl sites for hydroxylation is 1. The molecule has 1 amide bonds. The minimum atomic E-state index is -0.437. The molecule has 2 N–H and O–H groups in total. The van der Waals surface area contributed by atoms with E-state index in [4.69, 9.17) is 10.5 Å². The van der Waals surface area contributed by atoms with Crippen LogP contribution in [0.25, 0.3) is 0 Å². The van der Waals surface area contributed by atoms with E-state index in [0.29, 0.717) is 36.0 Å². The van der Waals surface area contributed by atoms with Gasteiger partial charge < -0.3 is 15.4 Å². The largest absolute Gasteiger partial charge is 0.484 e. The molecular formula is C21H30N4O2. The molecule has 1 unspecified atom stereocenters. The Hall–Kier alpha value is -2.63. The number of benzene rings is 1. The maximum atomic E-state index is 13.0. The molecule has 0 aliphatic heterocycles. The molecule has 2 rings (SSSR count). The molecule has 1 aromatic carbocycles. The van der Waals surface area contributed by atoms with Gasteiger partial charge in [0.1, 0.15) is 11.9 Å². The number of hydrogen-bond donors (Lipinski definition) is 1. The Labute approximate surface area is 161 Å². The van der Waals surface area contributed by atoms with E-state index < -0.39 is 6.10 Å². The van der Waals surface area contributed by atoms with E-state index in [0.717, 1.165) is 5.75 Å². The molecule has 2 aromatic rings. The van der Waals surface area contributed by atoms with Crippen molar-refractivity contribution in [3.8, 4) is 5.75 Å². The number of hydrogen-bond acceptors (Lipinski definition) is 5. The van der Waals surface area contributed by atoms with Gasteiger partial charge in [-0.05, 0) is 51.3 Å². The Morgan fingerprint density at radius 1 is 1.11 bits per heavy atom. The lowest BCUT2D eigenvalue weighted by atomic mass is 10.0. The second-order valence-corrected chi connectivity index (χ2v) is 6.89. The number of aromatic nitrogens is 2. The van der Waals surface area contributed by atoms with Crippen molar-refractivity contribution in [3.05, 3.63) is 46.8 Å². The minimum absolute atomic E-state index is 0.0990. The highest BCUT2D eigenvalue weighted by Gasteiger charge is 2.26. The molecular weight excluding hydrogens is 340 g/mol. The molecule has 1 heterocycles. The van der Waals surface area contributed by atoms with Gasteiger partial charge in [0.2, 0.25) is 5.95 Å². The SMILES string of the molecule is CCN(CC)C(=O)c1c(C)nc(N)nc1C(C)Oc1ccc(C(C)C)cc1. The Balaban J connectivity index is 2.36. The number of nitrogens with two attached hydrogens (primary N) is 1. The van der Waals surface area contributed by atoms with Crippen LogP contribution >= 0.6 is 0 Å². The standard InChI is InChI=1S/C21H30N4O2/c1-7-25(8-2)20(26)18-14(5)23-21(22)24-19(18)15(6)27-17-11-9-16(10-12-17)13(3)4/h9-13,15H,7-8H2,1-6H3,(H2,22,23,24). The molecule has 1 aromatic heterocycles. The number of carbonyl (C=O) groups is 1. The highest BCUT2D eigenvalue weighted by molar-refractivity contribution is 5.96. The van der Waals surface area contributed by atoms with Crippen LogP contribution in [0.4, 0.5) is 5.95 Å². The van der Waals surface area contributed by atoms with Crippen molar-refractivity contribution >= 4 is 11.9 Å². The highest BCUT2D eigenvalue weighted by atomic mass is 16.5. The molecule has 0 spiro atoms. The fourth-order valence-corrected chi connectivity index (χ4v) is 3.04. The van der Waals surface area contributed by atoms with Crippen LogP contribution in [0, 0.1) is 6.92 Å². The van der Waals surface area contributed by atoms with E-state index in [9.17, 15) is 4.79 Å². The second kappa shape index (κ2) is 8.84. The Bertz CT molecular complexity index is 784. The first-order valence-electron chi connectivity index (χ1n) is 9.48. The van der Waals surface area contributed by atoms with E-state index in [-0.39, 0.29) is 11.9 Å². The molecule has 27 heavy (non-hydrogen) atoms. The normalized spacial score (nSPS) is 12.1. The van der Waals surface area contributed by atoms with Crippen molar-refractivity contribution in [1.82, 2.24) is 14.9 Å². The second-order valence-electron chi connectivity index (χ2n) is 6.89. The van der Waals surface area contributed by atoms with Crippen molar-refractivity contribution in [2.45, 2.75) is 53.6 Å². The number of nitrogen functional groups attached to an aromatic ring is 1. The van der Waals surface area contributed by atoms with Gasteiger partial charge in [-0.15, -0.1) is 0 Å². The molecule has 0 fully saturated rings. The summed E-state index contributed by atoms with van der Waals surface area (Å²) in [6, 6.07) is 7.98. The fourth-order valence-electron chi connectivity index (χ4n) is 3.04. The van der Waals surface area contributed by atoms with Crippen molar-refractivity contribution < 1.29 is 9.53 Å². The summed E-state index contributed by atoms with van der Waals surface area (Å²) >= 11 is 0. The summed E-state index contributed by atoms with van der Waals surface area (Å²) < 4.78 is 6.07. The van der Waals surface area contributed by atoms with Crippen molar-refractivity contribution in [2.24, 2.45) is 0 Å². The number of ether oxygens (including phenoxy) is 1. The Kier molecular flexibility index (Phi) is 6.77. The van der Waals surface area contributed by atoms with Crippen LogP contribution in [0.1, 0.15) is 73.9 Å². The van der Waals surface area contributed by atoms with Gasteiger partial charge in [-0.2, -0.15) is 0 Å². The molecule has 6 nitrogen and oxygen atoms in total. The number of nitrogens with zero attached hydrogens (tertiary/aromatic N) is 3.